The lowest BCUT2D eigenvalue weighted by molar-refractivity contribution is -0.384. The molecule has 0 radical (unpaired) electrons. The van der Waals surface area contributed by atoms with E-state index < -0.39 is 10.8 Å². The first-order valence-electron chi connectivity index (χ1n) is 7.86. The number of anilines is 1. The van der Waals surface area contributed by atoms with Crippen LogP contribution in [-0.2, 0) is 0 Å². The molecule has 0 saturated heterocycles. The topological polar surface area (TPSA) is 104 Å². The molecule has 3 aromatic rings. The van der Waals surface area contributed by atoms with Gasteiger partial charge in [0.2, 0.25) is 0 Å². The first-order valence-corrected chi connectivity index (χ1v) is 9.12. The van der Waals surface area contributed by atoms with E-state index in [1.54, 1.807) is 37.8 Å². The minimum Gasteiger partial charge on any atom is -0.497 e. The van der Waals surface area contributed by atoms with Crippen molar-refractivity contribution in [3.8, 4) is 22.8 Å². The molecule has 0 aliphatic heterocycles. The molecule has 0 fully saturated rings. The second-order valence-corrected chi connectivity index (χ2v) is 6.74. The summed E-state index contributed by atoms with van der Waals surface area (Å²) in [6, 6.07) is 8.96. The van der Waals surface area contributed by atoms with Crippen molar-refractivity contribution in [2.24, 2.45) is 0 Å². The standard InChI is InChI=1S/C18H14ClN3O5S/c1-26-11-4-6-16(27-2)13(8-11)15-9-28-18(20-15)21-17(23)12-7-10(22(24)25)3-5-14(12)19/h3-9H,1-2H3,(H,20,21,23). The van der Waals surface area contributed by atoms with Gasteiger partial charge in [-0.15, -0.1) is 11.3 Å². The number of benzene rings is 2. The van der Waals surface area contributed by atoms with Gasteiger partial charge in [-0.25, -0.2) is 4.98 Å². The zero-order valence-electron chi connectivity index (χ0n) is 14.8. The number of carbonyl (C=O) groups excluding carboxylic acids is 1. The third kappa shape index (κ3) is 4.05. The van der Waals surface area contributed by atoms with E-state index in [0.29, 0.717) is 27.9 Å². The monoisotopic (exact) mass is 419 g/mol. The summed E-state index contributed by atoms with van der Waals surface area (Å²) in [5.74, 6) is 0.649. The number of aromatic nitrogens is 1. The smallest absolute Gasteiger partial charge is 0.270 e. The number of halogens is 1. The van der Waals surface area contributed by atoms with E-state index in [9.17, 15) is 14.9 Å². The van der Waals surface area contributed by atoms with Crippen LogP contribution in [0.25, 0.3) is 11.3 Å². The average molecular weight is 420 g/mol. The summed E-state index contributed by atoms with van der Waals surface area (Å²) in [6.45, 7) is 0. The van der Waals surface area contributed by atoms with E-state index in [1.165, 1.54) is 23.5 Å². The van der Waals surface area contributed by atoms with Gasteiger partial charge in [-0.2, -0.15) is 0 Å². The molecule has 3 rings (SSSR count). The number of nitro groups is 1. The van der Waals surface area contributed by atoms with Crippen molar-refractivity contribution >= 4 is 39.7 Å². The fourth-order valence-electron chi connectivity index (χ4n) is 2.43. The Balaban J connectivity index is 1.87. The predicted molar refractivity (Wildman–Crippen MR) is 107 cm³/mol. The molecule has 0 unspecified atom stereocenters. The summed E-state index contributed by atoms with van der Waals surface area (Å²) in [7, 11) is 3.10. The lowest BCUT2D eigenvalue weighted by atomic mass is 10.1. The van der Waals surface area contributed by atoms with Crippen molar-refractivity contribution in [2.75, 3.05) is 19.5 Å². The second kappa shape index (κ2) is 8.24. The molecule has 0 bridgehead atoms. The number of amides is 1. The minimum atomic E-state index is -0.594. The van der Waals surface area contributed by atoms with E-state index in [0.717, 1.165) is 6.07 Å². The molecule has 0 atom stereocenters. The molecular weight excluding hydrogens is 406 g/mol. The summed E-state index contributed by atoms with van der Waals surface area (Å²) < 4.78 is 10.6. The highest BCUT2D eigenvalue weighted by Gasteiger charge is 2.18. The van der Waals surface area contributed by atoms with Gasteiger partial charge < -0.3 is 9.47 Å². The van der Waals surface area contributed by atoms with Crippen molar-refractivity contribution in [2.45, 2.75) is 0 Å². The van der Waals surface area contributed by atoms with Gasteiger partial charge in [0.1, 0.15) is 11.5 Å². The summed E-state index contributed by atoms with van der Waals surface area (Å²) in [4.78, 5) is 27.2. The van der Waals surface area contributed by atoms with Crippen LogP contribution in [0.15, 0.2) is 41.8 Å². The fraction of sp³-hybridized carbons (Fsp3) is 0.111. The highest BCUT2D eigenvalue weighted by Crippen LogP contribution is 2.35. The van der Waals surface area contributed by atoms with Crippen LogP contribution in [0.4, 0.5) is 10.8 Å². The zero-order chi connectivity index (χ0) is 20.3. The lowest BCUT2D eigenvalue weighted by Crippen LogP contribution is -2.12. The maximum Gasteiger partial charge on any atom is 0.270 e. The molecule has 1 aromatic heterocycles. The van der Waals surface area contributed by atoms with Gasteiger partial charge in [0.25, 0.3) is 11.6 Å². The maximum absolute atomic E-state index is 12.5. The van der Waals surface area contributed by atoms with Crippen molar-refractivity contribution < 1.29 is 19.2 Å². The van der Waals surface area contributed by atoms with Crippen LogP contribution in [0.5, 0.6) is 11.5 Å². The van der Waals surface area contributed by atoms with Crippen LogP contribution in [0.3, 0.4) is 0 Å². The lowest BCUT2D eigenvalue weighted by Gasteiger charge is -2.08. The van der Waals surface area contributed by atoms with Crippen LogP contribution < -0.4 is 14.8 Å². The maximum atomic E-state index is 12.5. The third-order valence-corrected chi connectivity index (χ3v) is 4.90. The summed E-state index contributed by atoms with van der Waals surface area (Å²) in [6.07, 6.45) is 0. The van der Waals surface area contributed by atoms with Gasteiger partial charge in [-0.05, 0) is 24.3 Å². The molecule has 0 aliphatic rings. The highest BCUT2D eigenvalue weighted by molar-refractivity contribution is 7.14. The largest absolute Gasteiger partial charge is 0.497 e. The molecule has 0 saturated carbocycles. The minimum absolute atomic E-state index is 0.00780. The molecule has 0 aliphatic carbocycles. The van der Waals surface area contributed by atoms with E-state index >= 15 is 0 Å². The molecule has 2 aromatic carbocycles. The molecular formula is C18H14ClN3O5S. The molecule has 1 N–H and O–H groups in total. The van der Waals surface area contributed by atoms with Gasteiger partial charge in [0.05, 0.1) is 35.4 Å². The molecule has 1 heterocycles. The number of nitro benzene ring substituents is 1. The number of hydrogen-bond acceptors (Lipinski definition) is 7. The van der Waals surface area contributed by atoms with Crippen molar-refractivity contribution in [1.82, 2.24) is 4.98 Å². The Bertz CT molecular complexity index is 1050. The van der Waals surface area contributed by atoms with Gasteiger partial charge in [-0.3, -0.25) is 20.2 Å². The molecule has 144 valence electrons. The Kier molecular flexibility index (Phi) is 5.76. The van der Waals surface area contributed by atoms with Crippen LogP contribution in [-0.4, -0.2) is 30.0 Å². The van der Waals surface area contributed by atoms with Gasteiger partial charge >= 0.3 is 0 Å². The SMILES string of the molecule is COc1ccc(OC)c(-c2csc(NC(=O)c3cc([N+](=O)[O-])ccc3Cl)n2)c1. The third-order valence-electron chi connectivity index (χ3n) is 3.81. The predicted octanol–water partition coefficient (Wildman–Crippen LogP) is 4.64. The summed E-state index contributed by atoms with van der Waals surface area (Å²) >= 11 is 7.21. The van der Waals surface area contributed by atoms with Crippen LogP contribution >= 0.6 is 22.9 Å². The zero-order valence-corrected chi connectivity index (χ0v) is 16.3. The fourth-order valence-corrected chi connectivity index (χ4v) is 3.34. The highest BCUT2D eigenvalue weighted by atomic mass is 35.5. The Labute approximate surface area is 168 Å². The Morgan fingerprint density at radius 3 is 2.68 bits per heavy atom. The number of rotatable bonds is 6. The van der Waals surface area contributed by atoms with Crippen molar-refractivity contribution in [1.29, 1.82) is 0 Å². The van der Waals surface area contributed by atoms with Crippen LogP contribution in [0.1, 0.15) is 10.4 Å². The summed E-state index contributed by atoms with van der Waals surface area (Å²) in [5, 5.41) is 15.7. The van der Waals surface area contributed by atoms with Crippen LogP contribution in [0.2, 0.25) is 5.02 Å². The van der Waals surface area contributed by atoms with E-state index in [1.807, 2.05) is 0 Å². The Hall–Kier alpha value is -3.17. The first-order chi connectivity index (χ1) is 13.4. The number of non-ortho nitro benzene ring substituents is 1. The molecule has 8 nitrogen and oxygen atoms in total. The van der Waals surface area contributed by atoms with Gasteiger partial charge in [0, 0.05) is 23.1 Å². The Morgan fingerprint density at radius 1 is 1.21 bits per heavy atom. The van der Waals surface area contributed by atoms with E-state index in [4.69, 9.17) is 21.1 Å². The number of nitrogens with zero attached hydrogens (tertiary/aromatic N) is 2. The Morgan fingerprint density at radius 2 is 2.00 bits per heavy atom. The van der Waals surface area contributed by atoms with Crippen molar-refractivity contribution in [3.63, 3.8) is 0 Å². The number of ether oxygens (including phenoxy) is 2. The average Bonchev–Trinajstić information content (AvgIpc) is 3.15. The van der Waals surface area contributed by atoms with Crippen LogP contribution in [0, 0.1) is 10.1 Å². The van der Waals surface area contributed by atoms with Crippen molar-refractivity contribution in [3.05, 3.63) is 62.5 Å². The summed E-state index contributed by atoms with van der Waals surface area (Å²) in [5.41, 5.74) is 1.05. The number of methoxy groups -OCH3 is 2. The second-order valence-electron chi connectivity index (χ2n) is 5.48. The molecule has 1 amide bonds. The first kappa shape index (κ1) is 19.6. The molecule has 10 heteroatoms. The molecule has 28 heavy (non-hydrogen) atoms. The number of thiazole rings is 1. The van der Waals surface area contributed by atoms with E-state index in [2.05, 4.69) is 10.3 Å². The number of carbonyl (C=O) groups is 1. The quantitative estimate of drug-likeness (QED) is 0.461. The number of nitrogens with one attached hydrogen (secondary N) is 1. The number of hydrogen-bond donors (Lipinski definition) is 1. The normalized spacial score (nSPS) is 10.4. The molecule has 0 spiro atoms. The van der Waals surface area contributed by atoms with Gasteiger partial charge in [-0.1, -0.05) is 11.6 Å². The van der Waals surface area contributed by atoms with E-state index in [-0.39, 0.29) is 16.3 Å². The van der Waals surface area contributed by atoms with Gasteiger partial charge in [0.15, 0.2) is 5.13 Å².